The molecule has 0 bridgehead atoms. The molecule has 230 valence electrons. The molecule has 10 rings (SSSR count). The third-order valence-electron chi connectivity index (χ3n) is 9.66. The SMILES string of the molecule is c1cc(-c2cccc3ccccc23)cc(N(c2ccc3oc4ccccc4c3c2)c2ccccc2-c2cccc3oc4ccccc4c23)c1. The Morgan fingerprint density at radius 1 is 0.347 bits per heavy atom. The van der Waals surface area contributed by atoms with E-state index in [9.17, 15) is 0 Å². The number of benzene rings is 8. The molecule has 0 amide bonds. The second-order valence-corrected chi connectivity index (χ2v) is 12.5. The van der Waals surface area contributed by atoms with E-state index in [0.29, 0.717) is 0 Å². The Morgan fingerprint density at radius 3 is 1.86 bits per heavy atom. The van der Waals surface area contributed by atoms with Crippen molar-refractivity contribution < 1.29 is 8.83 Å². The molecule has 2 heterocycles. The van der Waals surface area contributed by atoms with Crippen LogP contribution >= 0.6 is 0 Å². The summed E-state index contributed by atoms with van der Waals surface area (Å²) in [6.45, 7) is 0. The number of para-hydroxylation sites is 3. The largest absolute Gasteiger partial charge is 0.456 e. The average molecular weight is 628 g/mol. The fourth-order valence-electron chi connectivity index (χ4n) is 7.47. The van der Waals surface area contributed by atoms with Gasteiger partial charge in [-0.2, -0.15) is 0 Å². The summed E-state index contributed by atoms with van der Waals surface area (Å²) in [6.07, 6.45) is 0. The molecular formula is C46H29NO2. The van der Waals surface area contributed by atoms with Gasteiger partial charge in [0.2, 0.25) is 0 Å². The molecule has 8 aromatic carbocycles. The number of furan rings is 2. The Morgan fingerprint density at radius 2 is 0.939 bits per heavy atom. The molecule has 0 fully saturated rings. The van der Waals surface area contributed by atoms with Crippen molar-refractivity contribution in [1.82, 2.24) is 0 Å². The summed E-state index contributed by atoms with van der Waals surface area (Å²) in [6, 6.07) is 62.1. The summed E-state index contributed by atoms with van der Waals surface area (Å²) in [7, 11) is 0. The van der Waals surface area contributed by atoms with E-state index in [-0.39, 0.29) is 0 Å². The first-order chi connectivity index (χ1) is 24.3. The van der Waals surface area contributed by atoms with E-state index < -0.39 is 0 Å². The maximum atomic E-state index is 6.34. The monoisotopic (exact) mass is 627 g/mol. The molecule has 0 aliphatic rings. The van der Waals surface area contributed by atoms with E-state index in [2.05, 4.69) is 157 Å². The van der Waals surface area contributed by atoms with E-state index in [0.717, 1.165) is 77.6 Å². The van der Waals surface area contributed by atoms with Crippen molar-refractivity contribution in [1.29, 1.82) is 0 Å². The molecular weight excluding hydrogens is 599 g/mol. The molecule has 0 saturated carbocycles. The molecule has 0 spiro atoms. The molecule has 0 saturated heterocycles. The summed E-state index contributed by atoms with van der Waals surface area (Å²) >= 11 is 0. The van der Waals surface area contributed by atoms with Gasteiger partial charge in [0, 0.05) is 38.5 Å². The van der Waals surface area contributed by atoms with Gasteiger partial charge in [-0.25, -0.2) is 0 Å². The number of hydrogen-bond acceptors (Lipinski definition) is 3. The minimum absolute atomic E-state index is 0.873. The van der Waals surface area contributed by atoms with Gasteiger partial charge < -0.3 is 13.7 Å². The molecule has 3 nitrogen and oxygen atoms in total. The zero-order valence-corrected chi connectivity index (χ0v) is 26.5. The average Bonchev–Trinajstić information content (AvgIpc) is 3.73. The number of hydrogen-bond donors (Lipinski definition) is 0. The zero-order valence-electron chi connectivity index (χ0n) is 26.5. The van der Waals surface area contributed by atoms with E-state index in [1.165, 1.54) is 16.3 Å². The van der Waals surface area contributed by atoms with Gasteiger partial charge in [-0.3, -0.25) is 0 Å². The molecule has 0 unspecified atom stereocenters. The molecule has 49 heavy (non-hydrogen) atoms. The lowest BCUT2D eigenvalue weighted by Crippen LogP contribution is -2.11. The van der Waals surface area contributed by atoms with Crippen LogP contribution in [0.1, 0.15) is 0 Å². The Balaban J connectivity index is 1.24. The number of rotatable bonds is 5. The lowest BCUT2D eigenvalue weighted by Gasteiger charge is -2.28. The lowest BCUT2D eigenvalue weighted by atomic mass is 9.96. The number of nitrogens with zero attached hydrogens (tertiary/aromatic N) is 1. The highest BCUT2D eigenvalue weighted by Gasteiger charge is 2.21. The highest BCUT2D eigenvalue weighted by Crippen LogP contribution is 2.46. The van der Waals surface area contributed by atoms with Crippen LogP contribution in [-0.2, 0) is 0 Å². The van der Waals surface area contributed by atoms with Crippen LogP contribution in [0.2, 0.25) is 0 Å². The van der Waals surface area contributed by atoms with Crippen LogP contribution in [0.15, 0.2) is 185 Å². The summed E-state index contributed by atoms with van der Waals surface area (Å²) in [5.74, 6) is 0. The van der Waals surface area contributed by atoms with Crippen LogP contribution in [0.3, 0.4) is 0 Å². The van der Waals surface area contributed by atoms with E-state index in [1.54, 1.807) is 0 Å². The number of fused-ring (bicyclic) bond motifs is 7. The summed E-state index contributed by atoms with van der Waals surface area (Å²) in [5.41, 5.74) is 11.3. The van der Waals surface area contributed by atoms with Crippen LogP contribution in [0.25, 0.3) is 76.9 Å². The molecule has 0 aliphatic carbocycles. The maximum absolute atomic E-state index is 6.34. The van der Waals surface area contributed by atoms with Crippen molar-refractivity contribution >= 4 is 71.7 Å². The van der Waals surface area contributed by atoms with Crippen molar-refractivity contribution in [2.24, 2.45) is 0 Å². The Bertz CT molecular complexity index is 2850. The van der Waals surface area contributed by atoms with Crippen molar-refractivity contribution in [3.63, 3.8) is 0 Å². The van der Waals surface area contributed by atoms with Gasteiger partial charge in [0.1, 0.15) is 22.3 Å². The van der Waals surface area contributed by atoms with Crippen molar-refractivity contribution in [2.45, 2.75) is 0 Å². The molecule has 3 heteroatoms. The smallest absolute Gasteiger partial charge is 0.136 e. The summed E-state index contributed by atoms with van der Waals surface area (Å²) < 4.78 is 12.6. The van der Waals surface area contributed by atoms with Gasteiger partial charge in [-0.1, -0.05) is 121 Å². The Labute approximate surface area is 282 Å². The molecule has 0 atom stereocenters. The van der Waals surface area contributed by atoms with Crippen molar-refractivity contribution in [3.05, 3.63) is 176 Å². The standard InChI is InChI=1S/C46H29NO2/c1-2-16-34-30(12-1)13-10-20-35(34)31-14-9-15-32(28-31)47(33-26-27-44-40(29-33)37-18-4-7-23-42(37)48-44)41-22-6-3-17-36(41)38-21-11-25-45-46(38)39-19-5-8-24-43(39)49-45/h1-29H. The Hall–Kier alpha value is -6.58. The quantitative estimate of drug-likeness (QED) is 0.190. The van der Waals surface area contributed by atoms with Crippen LogP contribution in [0.5, 0.6) is 0 Å². The minimum atomic E-state index is 0.873. The lowest BCUT2D eigenvalue weighted by molar-refractivity contribution is 0.668. The second kappa shape index (κ2) is 11.0. The Kier molecular flexibility index (Phi) is 6.18. The first kappa shape index (κ1) is 27.5. The summed E-state index contributed by atoms with van der Waals surface area (Å²) in [4.78, 5) is 2.38. The third-order valence-corrected chi connectivity index (χ3v) is 9.66. The fraction of sp³-hybridized carbons (Fsp3) is 0. The predicted molar refractivity (Wildman–Crippen MR) is 204 cm³/mol. The van der Waals surface area contributed by atoms with Crippen LogP contribution in [-0.4, -0.2) is 0 Å². The normalized spacial score (nSPS) is 11.7. The van der Waals surface area contributed by atoms with Crippen molar-refractivity contribution in [2.75, 3.05) is 4.90 Å². The van der Waals surface area contributed by atoms with Gasteiger partial charge in [0.05, 0.1) is 5.69 Å². The van der Waals surface area contributed by atoms with Gasteiger partial charge in [0.25, 0.3) is 0 Å². The topological polar surface area (TPSA) is 29.5 Å². The first-order valence-corrected chi connectivity index (χ1v) is 16.6. The van der Waals surface area contributed by atoms with Crippen molar-refractivity contribution in [3.8, 4) is 22.3 Å². The van der Waals surface area contributed by atoms with E-state index in [1.807, 2.05) is 24.3 Å². The molecule has 0 radical (unpaired) electrons. The number of anilines is 3. The van der Waals surface area contributed by atoms with Gasteiger partial charge in [0.15, 0.2) is 0 Å². The van der Waals surface area contributed by atoms with Crippen LogP contribution < -0.4 is 4.90 Å². The third kappa shape index (κ3) is 4.44. The maximum Gasteiger partial charge on any atom is 0.136 e. The molecule has 0 aliphatic heterocycles. The summed E-state index contributed by atoms with van der Waals surface area (Å²) in [5, 5.41) is 6.88. The van der Waals surface area contributed by atoms with Crippen LogP contribution in [0, 0.1) is 0 Å². The van der Waals surface area contributed by atoms with E-state index >= 15 is 0 Å². The predicted octanol–water partition coefficient (Wildman–Crippen LogP) is 13.4. The molecule has 10 aromatic rings. The first-order valence-electron chi connectivity index (χ1n) is 16.6. The van der Waals surface area contributed by atoms with Gasteiger partial charge >= 0.3 is 0 Å². The zero-order chi connectivity index (χ0) is 32.3. The van der Waals surface area contributed by atoms with E-state index in [4.69, 9.17) is 8.83 Å². The van der Waals surface area contributed by atoms with Crippen LogP contribution in [0.4, 0.5) is 17.1 Å². The highest BCUT2D eigenvalue weighted by molar-refractivity contribution is 6.14. The molecule has 0 N–H and O–H groups in total. The highest BCUT2D eigenvalue weighted by atomic mass is 16.3. The second-order valence-electron chi connectivity index (χ2n) is 12.5. The fourth-order valence-corrected chi connectivity index (χ4v) is 7.47. The van der Waals surface area contributed by atoms with Gasteiger partial charge in [-0.15, -0.1) is 0 Å². The van der Waals surface area contributed by atoms with Gasteiger partial charge in [-0.05, 0) is 82.1 Å². The minimum Gasteiger partial charge on any atom is -0.456 e. The molecule has 2 aromatic heterocycles.